The molecule has 2 aromatic rings. The van der Waals surface area contributed by atoms with E-state index in [0.29, 0.717) is 28.7 Å². The van der Waals surface area contributed by atoms with E-state index in [0.717, 1.165) is 5.56 Å². The van der Waals surface area contributed by atoms with E-state index in [4.69, 9.17) is 25.9 Å². The molecule has 0 radical (unpaired) electrons. The van der Waals surface area contributed by atoms with Crippen LogP contribution in [-0.2, 0) is 16.2 Å². The molecule has 0 saturated heterocycles. The number of methoxy groups -OCH3 is 2. The summed E-state index contributed by atoms with van der Waals surface area (Å²) < 4.78 is 10.4. The summed E-state index contributed by atoms with van der Waals surface area (Å²) in [4.78, 5) is 16.9. The number of halogens is 1. The summed E-state index contributed by atoms with van der Waals surface area (Å²) in [6.45, 7) is 0.294. The lowest BCUT2D eigenvalue weighted by Crippen LogP contribution is -2.21. The first-order chi connectivity index (χ1) is 11.6. The number of rotatable bonds is 7. The Balaban J connectivity index is 1.92. The molecule has 0 saturated carbocycles. The SMILES string of the molecule is COc1cc(C=CC(=O)NOCc2ccccc2)cc(Cl)c1OC. The Morgan fingerprint density at radius 1 is 1.17 bits per heavy atom. The molecule has 0 aromatic heterocycles. The van der Waals surface area contributed by atoms with Crippen molar-refractivity contribution >= 4 is 23.6 Å². The predicted molar refractivity (Wildman–Crippen MR) is 93.0 cm³/mol. The summed E-state index contributed by atoms with van der Waals surface area (Å²) in [7, 11) is 3.03. The number of hydrogen-bond donors (Lipinski definition) is 1. The van der Waals surface area contributed by atoms with E-state index in [1.54, 1.807) is 18.2 Å². The van der Waals surface area contributed by atoms with Crippen LogP contribution in [-0.4, -0.2) is 20.1 Å². The van der Waals surface area contributed by atoms with E-state index < -0.39 is 0 Å². The molecule has 0 atom stereocenters. The zero-order valence-electron chi connectivity index (χ0n) is 13.4. The van der Waals surface area contributed by atoms with Crippen LogP contribution < -0.4 is 15.0 Å². The van der Waals surface area contributed by atoms with Gasteiger partial charge in [0.2, 0.25) is 0 Å². The number of benzene rings is 2. The third-order valence-corrected chi connectivity index (χ3v) is 3.42. The van der Waals surface area contributed by atoms with Crippen molar-refractivity contribution in [2.24, 2.45) is 0 Å². The van der Waals surface area contributed by atoms with E-state index in [1.807, 2.05) is 30.3 Å². The molecule has 0 heterocycles. The van der Waals surface area contributed by atoms with E-state index in [9.17, 15) is 4.79 Å². The Labute approximate surface area is 145 Å². The van der Waals surface area contributed by atoms with Gasteiger partial charge in [-0.2, -0.15) is 0 Å². The second-order valence-corrected chi connectivity index (χ2v) is 5.22. The fourth-order valence-electron chi connectivity index (χ4n) is 2.00. The molecule has 24 heavy (non-hydrogen) atoms. The Hall–Kier alpha value is -2.50. The van der Waals surface area contributed by atoms with Gasteiger partial charge in [0.1, 0.15) is 0 Å². The summed E-state index contributed by atoms with van der Waals surface area (Å²) in [5.41, 5.74) is 4.02. The lowest BCUT2D eigenvalue weighted by atomic mass is 10.2. The average molecular weight is 348 g/mol. The highest BCUT2D eigenvalue weighted by Crippen LogP contribution is 2.36. The molecule has 0 fully saturated rings. The molecule has 2 aromatic carbocycles. The zero-order valence-corrected chi connectivity index (χ0v) is 14.2. The summed E-state index contributed by atoms with van der Waals surface area (Å²) in [6.07, 6.45) is 2.96. The fourth-order valence-corrected chi connectivity index (χ4v) is 2.30. The van der Waals surface area contributed by atoms with Crippen LogP contribution in [0.25, 0.3) is 6.08 Å². The molecule has 126 valence electrons. The highest BCUT2D eigenvalue weighted by Gasteiger charge is 2.09. The standard InChI is InChI=1S/C18H18ClNO4/c1-22-16-11-14(10-15(19)18(16)23-2)8-9-17(21)20-24-12-13-6-4-3-5-7-13/h3-11H,12H2,1-2H3,(H,20,21). The van der Waals surface area contributed by atoms with Gasteiger partial charge in [0.25, 0.3) is 5.91 Å². The van der Waals surface area contributed by atoms with Gasteiger partial charge in [0.05, 0.1) is 25.8 Å². The monoisotopic (exact) mass is 347 g/mol. The Morgan fingerprint density at radius 2 is 1.92 bits per heavy atom. The largest absolute Gasteiger partial charge is 0.493 e. The van der Waals surface area contributed by atoms with Gasteiger partial charge in [0.15, 0.2) is 11.5 Å². The molecule has 6 heteroatoms. The number of hydrogen-bond acceptors (Lipinski definition) is 4. The van der Waals surface area contributed by atoms with Crippen LogP contribution in [0.15, 0.2) is 48.5 Å². The van der Waals surface area contributed by atoms with Crippen LogP contribution in [0.1, 0.15) is 11.1 Å². The Morgan fingerprint density at radius 3 is 2.58 bits per heavy atom. The summed E-state index contributed by atoms with van der Waals surface area (Å²) in [5.74, 6) is 0.564. The number of nitrogens with one attached hydrogen (secondary N) is 1. The topological polar surface area (TPSA) is 56.8 Å². The molecule has 0 aliphatic carbocycles. The molecular formula is C18H18ClNO4. The average Bonchev–Trinajstić information content (AvgIpc) is 2.60. The van der Waals surface area contributed by atoms with Crippen molar-refractivity contribution in [3.05, 3.63) is 64.7 Å². The van der Waals surface area contributed by atoms with Crippen LogP contribution in [0, 0.1) is 0 Å². The Kier molecular flexibility index (Phi) is 6.66. The fraction of sp³-hybridized carbons (Fsp3) is 0.167. The molecule has 0 unspecified atom stereocenters. The first kappa shape index (κ1) is 17.8. The highest BCUT2D eigenvalue weighted by molar-refractivity contribution is 6.32. The molecular weight excluding hydrogens is 330 g/mol. The Bertz CT molecular complexity index is 716. The van der Waals surface area contributed by atoms with Crippen LogP contribution in [0.4, 0.5) is 0 Å². The van der Waals surface area contributed by atoms with E-state index >= 15 is 0 Å². The summed E-state index contributed by atoms with van der Waals surface area (Å²) in [5, 5.41) is 0.400. The summed E-state index contributed by atoms with van der Waals surface area (Å²) >= 11 is 6.12. The quantitative estimate of drug-likeness (QED) is 0.614. The van der Waals surface area contributed by atoms with Gasteiger partial charge >= 0.3 is 0 Å². The third-order valence-electron chi connectivity index (χ3n) is 3.14. The number of amides is 1. The number of hydroxylamine groups is 1. The van der Waals surface area contributed by atoms with Crippen LogP contribution in [0.2, 0.25) is 5.02 Å². The first-order valence-corrected chi connectivity index (χ1v) is 7.57. The van der Waals surface area contributed by atoms with E-state index in [1.165, 1.54) is 20.3 Å². The van der Waals surface area contributed by atoms with Gasteiger partial charge in [0, 0.05) is 6.08 Å². The summed E-state index contributed by atoms with van der Waals surface area (Å²) in [6, 6.07) is 12.9. The minimum atomic E-state index is -0.378. The van der Waals surface area contributed by atoms with Gasteiger partial charge in [-0.05, 0) is 29.3 Å². The predicted octanol–water partition coefficient (Wildman–Crippen LogP) is 3.62. The molecule has 0 aliphatic rings. The van der Waals surface area contributed by atoms with Crippen molar-refractivity contribution in [1.82, 2.24) is 5.48 Å². The second kappa shape index (κ2) is 8.96. The molecule has 0 spiro atoms. The molecule has 1 amide bonds. The normalized spacial score (nSPS) is 10.6. The first-order valence-electron chi connectivity index (χ1n) is 7.19. The van der Waals surface area contributed by atoms with Gasteiger partial charge < -0.3 is 9.47 Å². The third kappa shape index (κ3) is 5.01. The van der Waals surface area contributed by atoms with Gasteiger partial charge in [-0.15, -0.1) is 0 Å². The van der Waals surface area contributed by atoms with Crippen molar-refractivity contribution in [3.63, 3.8) is 0 Å². The van der Waals surface area contributed by atoms with Crippen LogP contribution in [0.3, 0.4) is 0 Å². The number of carbonyl (C=O) groups excluding carboxylic acids is 1. The molecule has 2 rings (SSSR count). The van der Waals surface area contributed by atoms with E-state index in [2.05, 4.69) is 5.48 Å². The lowest BCUT2D eigenvalue weighted by molar-refractivity contribution is -0.129. The van der Waals surface area contributed by atoms with Gasteiger partial charge in [-0.1, -0.05) is 41.9 Å². The minimum absolute atomic E-state index is 0.294. The van der Waals surface area contributed by atoms with Crippen molar-refractivity contribution in [1.29, 1.82) is 0 Å². The van der Waals surface area contributed by atoms with Gasteiger partial charge in [-0.25, -0.2) is 5.48 Å². The zero-order chi connectivity index (χ0) is 17.4. The van der Waals surface area contributed by atoms with Gasteiger partial charge in [-0.3, -0.25) is 9.63 Å². The van der Waals surface area contributed by atoms with Crippen molar-refractivity contribution in [2.75, 3.05) is 14.2 Å². The smallest absolute Gasteiger partial charge is 0.267 e. The highest BCUT2D eigenvalue weighted by atomic mass is 35.5. The molecule has 1 N–H and O–H groups in total. The van der Waals surface area contributed by atoms with Crippen molar-refractivity contribution < 1.29 is 19.1 Å². The van der Waals surface area contributed by atoms with Crippen LogP contribution in [0.5, 0.6) is 11.5 Å². The maximum Gasteiger partial charge on any atom is 0.267 e. The molecule has 0 aliphatic heterocycles. The second-order valence-electron chi connectivity index (χ2n) is 4.81. The minimum Gasteiger partial charge on any atom is -0.493 e. The number of ether oxygens (including phenoxy) is 2. The molecule has 0 bridgehead atoms. The molecule has 5 nitrogen and oxygen atoms in total. The van der Waals surface area contributed by atoms with E-state index in [-0.39, 0.29) is 5.91 Å². The lowest BCUT2D eigenvalue weighted by Gasteiger charge is -2.10. The van der Waals surface area contributed by atoms with Crippen LogP contribution >= 0.6 is 11.6 Å². The maximum absolute atomic E-state index is 11.8. The number of carbonyl (C=O) groups is 1. The van der Waals surface area contributed by atoms with Crippen molar-refractivity contribution in [2.45, 2.75) is 6.61 Å². The maximum atomic E-state index is 11.8. The van der Waals surface area contributed by atoms with Crippen molar-refractivity contribution in [3.8, 4) is 11.5 Å².